The van der Waals surface area contributed by atoms with Gasteiger partial charge < -0.3 is 20.1 Å². The number of hydrogen-bond donors (Lipinski definition) is 2. The Labute approximate surface area is 126 Å². The van der Waals surface area contributed by atoms with E-state index in [-0.39, 0.29) is 12.4 Å². The second kappa shape index (κ2) is 10.5. The summed E-state index contributed by atoms with van der Waals surface area (Å²) in [5.74, 6) is -0.181. The Morgan fingerprint density at radius 2 is 2.10 bits per heavy atom. The van der Waals surface area contributed by atoms with Gasteiger partial charge in [-0.05, 0) is 31.4 Å². The highest BCUT2D eigenvalue weighted by Crippen LogP contribution is 2.22. The first-order valence-corrected chi connectivity index (χ1v) is 7.49. The third kappa shape index (κ3) is 6.42. The minimum atomic E-state index is -0.181. The molecule has 0 radical (unpaired) electrons. The zero-order valence-electron chi connectivity index (χ0n) is 13.1. The topological polar surface area (TPSA) is 44.7 Å². The fraction of sp³-hybridized carbons (Fsp3) is 0.625. The number of unbranched alkanes of at least 4 members (excludes halogenated alkanes) is 2. The van der Waals surface area contributed by atoms with Crippen molar-refractivity contribution in [1.29, 1.82) is 0 Å². The lowest BCUT2D eigenvalue weighted by atomic mass is 10.1. The monoisotopic (exact) mass is 298 g/mol. The number of rotatable bonds is 11. The van der Waals surface area contributed by atoms with Crippen LogP contribution in [0.5, 0.6) is 0 Å². The Bertz CT molecular complexity index is 402. The molecular formula is C16H27FN2O2. The van der Waals surface area contributed by atoms with Crippen LogP contribution in [-0.4, -0.2) is 45.6 Å². The van der Waals surface area contributed by atoms with Crippen LogP contribution in [0, 0.1) is 5.82 Å². The lowest BCUT2D eigenvalue weighted by Crippen LogP contribution is -2.24. The summed E-state index contributed by atoms with van der Waals surface area (Å²) in [6, 6.07) is 5.19. The molecule has 0 saturated heterocycles. The van der Waals surface area contributed by atoms with Gasteiger partial charge in [-0.25, -0.2) is 4.39 Å². The van der Waals surface area contributed by atoms with Gasteiger partial charge in [0.2, 0.25) is 0 Å². The van der Waals surface area contributed by atoms with Crippen LogP contribution in [0.25, 0.3) is 0 Å². The number of aliphatic hydroxyl groups is 1. The van der Waals surface area contributed by atoms with Gasteiger partial charge >= 0.3 is 0 Å². The molecule has 0 spiro atoms. The van der Waals surface area contributed by atoms with Gasteiger partial charge in [0.05, 0.1) is 6.61 Å². The summed E-state index contributed by atoms with van der Waals surface area (Å²) in [5.41, 5.74) is 1.61. The number of hydrogen-bond acceptors (Lipinski definition) is 4. The van der Waals surface area contributed by atoms with E-state index in [1.165, 1.54) is 6.07 Å². The Balaban J connectivity index is 2.60. The number of aliphatic hydroxyl groups excluding tert-OH is 1. The standard InChI is InChI=1S/C16H27FN2O2/c1-19(10-4-3-5-11-20)16-8-6-7-15(17)14(16)13-18-9-12-21-2/h6-8,18,20H,3-5,9-13H2,1-2H3. The summed E-state index contributed by atoms with van der Waals surface area (Å²) in [5, 5.41) is 12.0. The third-order valence-corrected chi connectivity index (χ3v) is 3.44. The van der Waals surface area contributed by atoms with Crippen molar-refractivity contribution >= 4 is 5.69 Å². The normalized spacial score (nSPS) is 10.9. The predicted octanol–water partition coefficient (Wildman–Crippen LogP) is 2.16. The second-order valence-corrected chi connectivity index (χ2v) is 5.11. The predicted molar refractivity (Wildman–Crippen MR) is 84.2 cm³/mol. The van der Waals surface area contributed by atoms with Crippen LogP contribution in [0.1, 0.15) is 24.8 Å². The van der Waals surface area contributed by atoms with E-state index in [1.54, 1.807) is 13.2 Å². The SMILES string of the molecule is COCCNCc1c(F)cccc1N(C)CCCCCO. The molecule has 1 aromatic carbocycles. The maximum atomic E-state index is 14.0. The maximum Gasteiger partial charge on any atom is 0.129 e. The van der Waals surface area contributed by atoms with Crippen molar-refractivity contribution < 1.29 is 14.2 Å². The van der Waals surface area contributed by atoms with E-state index in [9.17, 15) is 4.39 Å². The van der Waals surface area contributed by atoms with Crippen LogP contribution in [-0.2, 0) is 11.3 Å². The van der Waals surface area contributed by atoms with E-state index in [1.807, 2.05) is 13.1 Å². The zero-order valence-corrected chi connectivity index (χ0v) is 13.1. The van der Waals surface area contributed by atoms with E-state index in [2.05, 4.69) is 10.2 Å². The van der Waals surface area contributed by atoms with Crippen molar-refractivity contribution in [3.05, 3.63) is 29.6 Å². The minimum Gasteiger partial charge on any atom is -0.396 e. The van der Waals surface area contributed by atoms with E-state index >= 15 is 0 Å². The zero-order chi connectivity index (χ0) is 15.5. The average molecular weight is 298 g/mol. The number of anilines is 1. The van der Waals surface area contributed by atoms with E-state index in [0.717, 1.165) is 31.5 Å². The minimum absolute atomic E-state index is 0.181. The van der Waals surface area contributed by atoms with Crippen LogP contribution in [0.2, 0.25) is 0 Å². The Hall–Kier alpha value is -1.17. The Morgan fingerprint density at radius 1 is 1.29 bits per heavy atom. The van der Waals surface area contributed by atoms with Gasteiger partial charge in [0, 0.05) is 51.6 Å². The van der Waals surface area contributed by atoms with Gasteiger partial charge in [-0.3, -0.25) is 0 Å². The molecule has 0 aliphatic heterocycles. The molecule has 2 N–H and O–H groups in total. The third-order valence-electron chi connectivity index (χ3n) is 3.44. The summed E-state index contributed by atoms with van der Waals surface area (Å²) in [6.07, 6.45) is 2.80. The van der Waals surface area contributed by atoms with E-state index in [4.69, 9.17) is 9.84 Å². The fourth-order valence-electron chi connectivity index (χ4n) is 2.23. The van der Waals surface area contributed by atoms with Crippen molar-refractivity contribution in [2.24, 2.45) is 0 Å². The van der Waals surface area contributed by atoms with Gasteiger partial charge in [-0.15, -0.1) is 0 Å². The molecule has 120 valence electrons. The van der Waals surface area contributed by atoms with Gasteiger partial charge in [-0.1, -0.05) is 6.07 Å². The molecule has 21 heavy (non-hydrogen) atoms. The molecule has 1 rings (SSSR count). The van der Waals surface area contributed by atoms with Crippen LogP contribution in [0.15, 0.2) is 18.2 Å². The van der Waals surface area contributed by atoms with Crippen LogP contribution < -0.4 is 10.2 Å². The molecule has 0 fully saturated rings. The van der Waals surface area contributed by atoms with Crippen molar-refractivity contribution in [2.45, 2.75) is 25.8 Å². The molecular weight excluding hydrogens is 271 g/mol. The molecule has 0 aliphatic rings. The lowest BCUT2D eigenvalue weighted by Gasteiger charge is -2.23. The van der Waals surface area contributed by atoms with Crippen molar-refractivity contribution in [3.8, 4) is 0 Å². The largest absolute Gasteiger partial charge is 0.396 e. The number of nitrogens with one attached hydrogen (secondary N) is 1. The molecule has 0 heterocycles. The van der Waals surface area contributed by atoms with Crippen LogP contribution in [0.4, 0.5) is 10.1 Å². The molecule has 0 amide bonds. The summed E-state index contributed by atoms with van der Waals surface area (Å²) in [4.78, 5) is 2.08. The van der Waals surface area contributed by atoms with Gasteiger partial charge in [0.1, 0.15) is 5.82 Å². The van der Waals surface area contributed by atoms with Crippen molar-refractivity contribution in [3.63, 3.8) is 0 Å². The lowest BCUT2D eigenvalue weighted by molar-refractivity contribution is 0.199. The van der Waals surface area contributed by atoms with E-state index in [0.29, 0.717) is 25.3 Å². The smallest absolute Gasteiger partial charge is 0.129 e. The molecule has 0 saturated carbocycles. The van der Waals surface area contributed by atoms with Crippen LogP contribution >= 0.6 is 0 Å². The summed E-state index contributed by atoms with van der Waals surface area (Å²) in [7, 11) is 3.63. The first kappa shape index (κ1) is 17.9. The number of ether oxygens (including phenoxy) is 1. The van der Waals surface area contributed by atoms with Crippen molar-refractivity contribution in [1.82, 2.24) is 5.32 Å². The molecule has 5 heteroatoms. The second-order valence-electron chi connectivity index (χ2n) is 5.11. The Morgan fingerprint density at radius 3 is 2.81 bits per heavy atom. The van der Waals surface area contributed by atoms with Crippen molar-refractivity contribution in [2.75, 3.05) is 45.4 Å². The van der Waals surface area contributed by atoms with Gasteiger partial charge in [0.15, 0.2) is 0 Å². The molecule has 1 aromatic rings. The number of benzene rings is 1. The first-order chi connectivity index (χ1) is 10.2. The van der Waals surface area contributed by atoms with Crippen LogP contribution in [0.3, 0.4) is 0 Å². The highest BCUT2D eigenvalue weighted by Gasteiger charge is 2.11. The molecule has 0 atom stereocenters. The first-order valence-electron chi connectivity index (χ1n) is 7.49. The maximum absolute atomic E-state index is 14.0. The molecule has 0 unspecified atom stereocenters. The van der Waals surface area contributed by atoms with Gasteiger partial charge in [-0.2, -0.15) is 0 Å². The summed E-state index contributed by atoms with van der Waals surface area (Å²) in [6.45, 7) is 2.89. The summed E-state index contributed by atoms with van der Waals surface area (Å²) < 4.78 is 19.0. The quantitative estimate of drug-likeness (QED) is 0.615. The average Bonchev–Trinajstić information content (AvgIpc) is 2.49. The molecule has 4 nitrogen and oxygen atoms in total. The fourth-order valence-corrected chi connectivity index (χ4v) is 2.23. The number of halogens is 1. The summed E-state index contributed by atoms with van der Waals surface area (Å²) >= 11 is 0. The number of nitrogens with zero attached hydrogens (tertiary/aromatic N) is 1. The highest BCUT2D eigenvalue weighted by atomic mass is 19.1. The number of methoxy groups -OCH3 is 1. The molecule has 0 aromatic heterocycles. The molecule has 0 aliphatic carbocycles. The molecule has 0 bridgehead atoms. The Kier molecular flexibility index (Phi) is 8.98. The van der Waals surface area contributed by atoms with E-state index < -0.39 is 0 Å². The highest BCUT2D eigenvalue weighted by molar-refractivity contribution is 5.53. The van der Waals surface area contributed by atoms with Gasteiger partial charge in [0.25, 0.3) is 0 Å².